The van der Waals surface area contributed by atoms with Gasteiger partial charge in [-0.15, -0.1) is 0 Å². The molecule has 1 aliphatic heterocycles. The number of hydrogen-bond donors (Lipinski definition) is 1. The predicted molar refractivity (Wildman–Crippen MR) is 98.7 cm³/mol. The summed E-state index contributed by atoms with van der Waals surface area (Å²) in [4.78, 5) is 12.5. The molecule has 154 valence electrons. The second-order valence-corrected chi connectivity index (χ2v) is 6.55. The molecule has 0 spiro atoms. The summed E-state index contributed by atoms with van der Waals surface area (Å²) in [7, 11) is 1.39. The summed E-state index contributed by atoms with van der Waals surface area (Å²) in [5, 5.41) is 14.2. The van der Waals surface area contributed by atoms with Crippen LogP contribution in [-0.4, -0.2) is 47.4 Å². The molecule has 0 bridgehead atoms. The number of amides is 1. The maximum atomic E-state index is 13.6. The van der Waals surface area contributed by atoms with Gasteiger partial charge in [0.05, 0.1) is 19.2 Å². The van der Waals surface area contributed by atoms with E-state index < -0.39 is 30.8 Å². The number of aryl methyl sites for hydroxylation is 1. The fraction of sp³-hybridized carbons (Fsp3) is 0.300. The van der Waals surface area contributed by atoms with Crippen LogP contribution in [0.5, 0.6) is 11.5 Å². The van der Waals surface area contributed by atoms with Crippen molar-refractivity contribution < 1.29 is 32.5 Å². The summed E-state index contributed by atoms with van der Waals surface area (Å²) >= 11 is 0. The van der Waals surface area contributed by atoms with Gasteiger partial charge in [-0.3, -0.25) is 4.79 Å². The van der Waals surface area contributed by atoms with Gasteiger partial charge in [-0.2, -0.15) is 23.3 Å². The van der Waals surface area contributed by atoms with Crippen molar-refractivity contribution in [3.05, 3.63) is 59.7 Å². The van der Waals surface area contributed by atoms with Crippen molar-refractivity contribution in [1.29, 1.82) is 0 Å². The van der Waals surface area contributed by atoms with Crippen molar-refractivity contribution in [2.45, 2.75) is 25.2 Å². The van der Waals surface area contributed by atoms with Crippen LogP contribution >= 0.6 is 0 Å². The molecule has 29 heavy (non-hydrogen) atoms. The summed E-state index contributed by atoms with van der Waals surface area (Å²) in [5.74, 6) is -0.643. The number of para-hydroxylation sites is 2. The van der Waals surface area contributed by atoms with Crippen molar-refractivity contribution in [1.82, 2.24) is 5.01 Å². The lowest BCUT2D eigenvalue weighted by Gasteiger charge is -2.32. The van der Waals surface area contributed by atoms with Crippen LogP contribution in [0.4, 0.5) is 13.2 Å². The molecule has 2 aromatic rings. The van der Waals surface area contributed by atoms with E-state index in [-0.39, 0.29) is 16.5 Å². The first-order valence-electron chi connectivity index (χ1n) is 8.68. The number of benzene rings is 2. The first kappa shape index (κ1) is 20.7. The Hall–Kier alpha value is -3.07. The summed E-state index contributed by atoms with van der Waals surface area (Å²) in [6, 6.07) is 13.0. The second-order valence-electron chi connectivity index (χ2n) is 6.55. The Bertz CT molecular complexity index is 928. The summed E-state index contributed by atoms with van der Waals surface area (Å²) in [6.45, 7) is 1.07. The standard InChI is InChI=1S/C20H19F3N2O4/c1-13-7-9-14(10-8-13)15-11-19(27,20(21,22)23)25(24-15)18(26)12-29-17-6-4-3-5-16(17)28-2/h3-10,27H,11-12H2,1-2H3/t19-/m1/s1. The molecule has 1 atom stereocenters. The smallest absolute Gasteiger partial charge is 0.438 e. The highest BCUT2D eigenvalue weighted by Crippen LogP contribution is 2.41. The Labute approximate surface area is 165 Å². The lowest BCUT2D eigenvalue weighted by molar-refractivity contribution is -0.302. The number of halogens is 3. The largest absolute Gasteiger partial charge is 0.493 e. The quantitative estimate of drug-likeness (QED) is 0.825. The molecule has 0 aromatic heterocycles. The van der Waals surface area contributed by atoms with Crippen LogP contribution in [0.3, 0.4) is 0 Å². The van der Waals surface area contributed by atoms with E-state index in [1.807, 2.05) is 6.92 Å². The monoisotopic (exact) mass is 408 g/mol. The first-order valence-corrected chi connectivity index (χ1v) is 8.68. The fourth-order valence-electron chi connectivity index (χ4n) is 2.87. The van der Waals surface area contributed by atoms with E-state index in [1.54, 1.807) is 42.5 Å². The first-order chi connectivity index (χ1) is 13.7. The Morgan fingerprint density at radius 2 is 1.79 bits per heavy atom. The van der Waals surface area contributed by atoms with Crippen molar-refractivity contribution in [2.24, 2.45) is 5.10 Å². The van der Waals surface area contributed by atoms with Crippen molar-refractivity contribution in [3.8, 4) is 11.5 Å². The van der Waals surface area contributed by atoms with Crippen molar-refractivity contribution in [2.75, 3.05) is 13.7 Å². The van der Waals surface area contributed by atoms with E-state index in [9.17, 15) is 23.1 Å². The van der Waals surface area contributed by atoms with Crippen LogP contribution < -0.4 is 9.47 Å². The second kappa shape index (κ2) is 7.75. The molecule has 2 aromatic carbocycles. The average Bonchev–Trinajstić information content (AvgIpc) is 3.06. The van der Waals surface area contributed by atoms with Gasteiger partial charge in [-0.25, -0.2) is 0 Å². The van der Waals surface area contributed by atoms with Crippen LogP contribution in [0, 0.1) is 6.92 Å². The number of carbonyl (C=O) groups is 1. The van der Waals surface area contributed by atoms with E-state index in [1.165, 1.54) is 13.2 Å². The lowest BCUT2D eigenvalue weighted by atomic mass is 10.00. The van der Waals surface area contributed by atoms with Gasteiger partial charge in [0.1, 0.15) is 0 Å². The van der Waals surface area contributed by atoms with Gasteiger partial charge in [0.2, 0.25) is 0 Å². The Balaban J connectivity index is 1.86. The zero-order valence-corrected chi connectivity index (χ0v) is 15.7. The van der Waals surface area contributed by atoms with E-state index in [2.05, 4.69) is 5.10 Å². The van der Waals surface area contributed by atoms with Gasteiger partial charge in [0, 0.05) is 0 Å². The van der Waals surface area contributed by atoms with Crippen molar-refractivity contribution >= 4 is 11.6 Å². The summed E-state index contributed by atoms with van der Waals surface area (Å²) in [5.41, 5.74) is -2.19. The molecule has 0 radical (unpaired) electrons. The molecule has 1 aliphatic rings. The Morgan fingerprint density at radius 1 is 1.17 bits per heavy atom. The van der Waals surface area contributed by atoms with Gasteiger partial charge in [0.15, 0.2) is 18.1 Å². The number of methoxy groups -OCH3 is 1. The molecule has 0 unspecified atom stereocenters. The minimum absolute atomic E-state index is 0.0459. The molecule has 0 fully saturated rings. The molecule has 1 heterocycles. The highest BCUT2D eigenvalue weighted by molar-refractivity contribution is 6.03. The zero-order valence-electron chi connectivity index (χ0n) is 15.7. The highest BCUT2D eigenvalue weighted by atomic mass is 19.4. The SMILES string of the molecule is COc1ccccc1OCC(=O)N1N=C(c2ccc(C)cc2)C[C@@]1(O)C(F)(F)F. The summed E-state index contributed by atoms with van der Waals surface area (Å²) < 4.78 is 51.2. The number of hydrogen-bond acceptors (Lipinski definition) is 5. The number of alkyl halides is 3. The van der Waals surface area contributed by atoms with Gasteiger partial charge in [0.25, 0.3) is 11.6 Å². The third-order valence-corrected chi connectivity index (χ3v) is 4.48. The molecule has 9 heteroatoms. The maximum Gasteiger partial charge on any atom is 0.438 e. The number of hydrazone groups is 1. The topological polar surface area (TPSA) is 71.4 Å². The van der Waals surface area contributed by atoms with Gasteiger partial charge < -0.3 is 14.6 Å². The molecular weight excluding hydrogens is 389 g/mol. The summed E-state index contributed by atoms with van der Waals surface area (Å²) in [6.07, 6.45) is -5.98. The van der Waals surface area contributed by atoms with Crippen LogP contribution in [0.25, 0.3) is 0 Å². The number of ether oxygens (including phenoxy) is 2. The lowest BCUT2D eigenvalue weighted by Crippen LogP contribution is -2.57. The minimum Gasteiger partial charge on any atom is -0.493 e. The van der Waals surface area contributed by atoms with Crippen LogP contribution in [0.2, 0.25) is 0 Å². The molecule has 1 amide bonds. The predicted octanol–water partition coefficient (Wildman–Crippen LogP) is 3.27. The molecular formula is C20H19F3N2O4. The van der Waals surface area contributed by atoms with Gasteiger partial charge in [-0.05, 0) is 24.6 Å². The third kappa shape index (κ3) is 4.04. The average molecular weight is 408 g/mol. The Kier molecular flexibility index (Phi) is 5.52. The van der Waals surface area contributed by atoms with Crippen molar-refractivity contribution in [3.63, 3.8) is 0 Å². The van der Waals surface area contributed by atoms with E-state index in [4.69, 9.17) is 9.47 Å². The zero-order chi connectivity index (χ0) is 21.2. The molecule has 6 nitrogen and oxygen atoms in total. The number of nitrogens with zero attached hydrogens (tertiary/aromatic N) is 2. The number of aliphatic hydroxyl groups is 1. The molecule has 0 aliphatic carbocycles. The normalized spacial score (nSPS) is 19.1. The van der Waals surface area contributed by atoms with E-state index in [0.717, 1.165) is 5.56 Å². The third-order valence-electron chi connectivity index (χ3n) is 4.48. The van der Waals surface area contributed by atoms with Gasteiger partial charge >= 0.3 is 6.18 Å². The maximum absolute atomic E-state index is 13.6. The molecule has 0 saturated heterocycles. The number of carbonyl (C=O) groups excluding carboxylic acids is 1. The fourth-order valence-corrected chi connectivity index (χ4v) is 2.87. The Morgan fingerprint density at radius 3 is 2.38 bits per heavy atom. The minimum atomic E-state index is -5.11. The molecule has 3 rings (SSSR count). The van der Waals surface area contributed by atoms with Crippen LogP contribution in [0.15, 0.2) is 53.6 Å². The van der Waals surface area contributed by atoms with E-state index >= 15 is 0 Å². The highest BCUT2D eigenvalue weighted by Gasteiger charge is 2.63. The van der Waals surface area contributed by atoms with E-state index in [0.29, 0.717) is 11.3 Å². The van der Waals surface area contributed by atoms with Crippen LogP contribution in [0.1, 0.15) is 17.5 Å². The van der Waals surface area contributed by atoms with Gasteiger partial charge in [-0.1, -0.05) is 42.0 Å². The molecule has 0 saturated carbocycles. The molecule has 1 N–H and O–H groups in total. The number of rotatable bonds is 5. The van der Waals surface area contributed by atoms with Crippen LogP contribution in [-0.2, 0) is 4.79 Å².